The Hall–Kier alpha value is -3.59. The zero-order valence-corrected chi connectivity index (χ0v) is 16.6. The molecule has 0 unspecified atom stereocenters. The molecule has 0 bridgehead atoms. The molecule has 1 aliphatic rings. The maximum atomic E-state index is 12.6. The van der Waals surface area contributed by atoms with Crippen molar-refractivity contribution in [3.05, 3.63) is 66.0 Å². The zero-order valence-electron chi connectivity index (χ0n) is 16.6. The van der Waals surface area contributed by atoms with Crippen molar-refractivity contribution in [3.8, 4) is 11.3 Å². The fourth-order valence-electron chi connectivity index (χ4n) is 3.58. The highest BCUT2D eigenvalue weighted by Gasteiger charge is 2.18. The molecular formula is C21H21N7O2. The quantitative estimate of drug-likeness (QED) is 0.514. The Balaban J connectivity index is 1.36. The van der Waals surface area contributed by atoms with Crippen molar-refractivity contribution < 1.29 is 9.53 Å². The first-order valence-corrected chi connectivity index (χ1v) is 9.82. The summed E-state index contributed by atoms with van der Waals surface area (Å²) in [6.07, 6.45) is 7.72. The smallest absolute Gasteiger partial charge is 0.254 e. The second-order valence-corrected chi connectivity index (χ2v) is 7.27. The molecule has 4 heterocycles. The van der Waals surface area contributed by atoms with Crippen LogP contribution in [-0.2, 0) is 18.2 Å². The van der Waals surface area contributed by atoms with Crippen molar-refractivity contribution in [2.45, 2.75) is 6.42 Å². The van der Waals surface area contributed by atoms with E-state index in [0.717, 1.165) is 16.8 Å². The van der Waals surface area contributed by atoms with Crippen LogP contribution in [0.15, 0.2) is 49.1 Å². The van der Waals surface area contributed by atoms with Crippen molar-refractivity contribution in [2.24, 2.45) is 7.05 Å². The van der Waals surface area contributed by atoms with Gasteiger partial charge in [0.05, 0.1) is 37.5 Å². The molecule has 30 heavy (non-hydrogen) atoms. The molecule has 0 radical (unpaired) electrons. The number of carbonyl (C=O) groups is 1. The average Bonchev–Trinajstić information content (AvgIpc) is 3.40. The summed E-state index contributed by atoms with van der Waals surface area (Å²) in [6.45, 7) is 2.47. The minimum absolute atomic E-state index is 0.0443. The summed E-state index contributed by atoms with van der Waals surface area (Å²) in [5, 5.41) is 8.88. The first kappa shape index (κ1) is 18.4. The van der Waals surface area contributed by atoms with Gasteiger partial charge in [-0.05, 0) is 17.7 Å². The minimum atomic E-state index is 0.0443. The zero-order chi connectivity index (χ0) is 20.5. The second-order valence-electron chi connectivity index (χ2n) is 7.27. The number of benzene rings is 1. The standard InChI is InChI=1S/C21H21N7O2/c1-26-14-17(11-23-26)18-12-22-13-20-24-19(25-28(18)20)10-15-2-4-16(5-3-15)21(29)27-6-8-30-9-7-27/h2-5,11-14H,6-10H2,1H3. The molecule has 1 fully saturated rings. The molecule has 1 saturated heterocycles. The number of hydrogen-bond donors (Lipinski definition) is 0. The highest BCUT2D eigenvalue weighted by molar-refractivity contribution is 5.94. The molecule has 1 amide bonds. The number of aryl methyl sites for hydroxylation is 1. The van der Waals surface area contributed by atoms with E-state index in [-0.39, 0.29) is 5.91 Å². The van der Waals surface area contributed by atoms with E-state index >= 15 is 0 Å². The molecule has 0 aliphatic carbocycles. The summed E-state index contributed by atoms with van der Waals surface area (Å²) >= 11 is 0. The summed E-state index contributed by atoms with van der Waals surface area (Å²) in [6, 6.07) is 7.65. The Morgan fingerprint density at radius 3 is 2.63 bits per heavy atom. The van der Waals surface area contributed by atoms with Gasteiger partial charge in [-0.2, -0.15) is 10.2 Å². The fourth-order valence-corrected chi connectivity index (χ4v) is 3.58. The van der Waals surface area contributed by atoms with E-state index in [9.17, 15) is 4.79 Å². The van der Waals surface area contributed by atoms with Crippen LogP contribution in [0.5, 0.6) is 0 Å². The number of rotatable bonds is 4. The fraction of sp³-hybridized carbons (Fsp3) is 0.286. The van der Waals surface area contributed by atoms with Crippen molar-refractivity contribution in [1.82, 2.24) is 34.3 Å². The van der Waals surface area contributed by atoms with E-state index in [0.29, 0.717) is 49.8 Å². The summed E-state index contributed by atoms with van der Waals surface area (Å²) in [4.78, 5) is 23.3. The van der Waals surface area contributed by atoms with Crippen molar-refractivity contribution in [1.29, 1.82) is 0 Å². The molecule has 4 aromatic rings. The van der Waals surface area contributed by atoms with Gasteiger partial charge in [-0.15, -0.1) is 0 Å². The number of aromatic nitrogens is 6. The van der Waals surface area contributed by atoms with Crippen LogP contribution in [0, 0.1) is 0 Å². The summed E-state index contributed by atoms with van der Waals surface area (Å²) in [7, 11) is 1.87. The number of nitrogens with zero attached hydrogens (tertiary/aromatic N) is 7. The van der Waals surface area contributed by atoms with Gasteiger partial charge in [-0.3, -0.25) is 14.5 Å². The number of ether oxygens (including phenoxy) is 1. The molecule has 0 saturated carbocycles. The van der Waals surface area contributed by atoms with E-state index in [1.807, 2.05) is 42.4 Å². The molecule has 0 atom stereocenters. The SMILES string of the molecule is Cn1cc(-c2cncc3nc(Cc4ccc(C(=O)N5CCOCC5)cc4)nn23)cn1. The predicted molar refractivity (Wildman–Crippen MR) is 109 cm³/mol. The van der Waals surface area contributed by atoms with Crippen molar-refractivity contribution >= 4 is 11.6 Å². The lowest BCUT2D eigenvalue weighted by Gasteiger charge is -2.26. The van der Waals surface area contributed by atoms with Crippen LogP contribution < -0.4 is 0 Å². The monoisotopic (exact) mass is 403 g/mol. The van der Waals surface area contributed by atoms with E-state index in [1.165, 1.54) is 0 Å². The molecule has 9 heteroatoms. The van der Waals surface area contributed by atoms with Crippen LogP contribution in [0.2, 0.25) is 0 Å². The normalized spacial score (nSPS) is 14.4. The second kappa shape index (κ2) is 7.68. The highest BCUT2D eigenvalue weighted by Crippen LogP contribution is 2.19. The topological polar surface area (TPSA) is 90.4 Å². The first-order chi connectivity index (χ1) is 14.7. The number of carbonyl (C=O) groups excluding carboxylic acids is 1. The maximum Gasteiger partial charge on any atom is 0.254 e. The van der Waals surface area contributed by atoms with Gasteiger partial charge < -0.3 is 9.64 Å². The van der Waals surface area contributed by atoms with E-state index < -0.39 is 0 Å². The largest absolute Gasteiger partial charge is 0.378 e. The predicted octanol–water partition coefficient (Wildman–Crippen LogP) is 1.59. The molecule has 9 nitrogen and oxygen atoms in total. The molecular weight excluding hydrogens is 382 g/mol. The van der Waals surface area contributed by atoms with Crippen LogP contribution in [0.1, 0.15) is 21.7 Å². The van der Waals surface area contributed by atoms with Gasteiger partial charge in [0, 0.05) is 43.9 Å². The van der Waals surface area contributed by atoms with Crippen molar-refractivity contribution in [3.63, 3.8) is 0 Å². The van der Waals surface area contributed by atoms with Gasteiger partial charge in [0.15, 0.2) is 11.5 Å². The maximum absolute atomic E-state index is 12.6. The van der Waals surface area contributed by atoms with Crippen LogP contribution in [0.4, 0.5) is 0 Å². The van der Waals surface area contributed by atoms with Crippen LogP contribution in [0.3, 0.4) is 0 Å². The molecule has 3 aromatic heterocycles. The van der Waals surface area contributed by atoms with E-state index in [2.05, 4.69) is 20.2 Å². The van der Waals surface area contributed by atoms with Crippen LogP contribution in [0.25, 0.3) is 16.9 Å². The Morgan fingerprint density at radius 1 is 1.10 bits per heavy atom. The van der Waals surface area contributed by atoms with Gasteiger partial charge in [0.2, 0.25) is 0 Å². The lowest BCUT2D eigenvalue weighted by molar-refractivity contribution is 0.0303. The number of fused-ring (bicyclic) bond motifs is 1. The summed E-state index contributed by atoms with van der Waals surface area (Å²) in [5.41, 5.74) is 4.18. The number of amides is 1. The molecule has 0 N–H and O–H groups in total. The first-order valence-electron chi connectivity index (χ1n) is 9.82. The highest BCUT2D eigenvalue weighted by atomic mass is 16.5. The third-order valence-corrected chi connectivity index (χ3v) is 5.15. The van der Waals surface area contributed by atoms with Gasteiger partial charge in [0.25, 0.3) is 5.91 Å². The van der Waals surface area contributed by atoms with Gasteiger partial charge in [0.1, 0.15) is 0 Å². The van der Waals surface area contributed by atoms with E-state index in [1.54, 1.807) is 27.8 Å². The summed E-state index contributed by atoms with van der Waals surface area (Å²) in [5.74, 6) is 0.739. The average molecular weight is 403 g/mol. The molecule has 1 aliphatic heterocycles. The Kier molecular flexibility index (Phi) is 4.72. The van der Waals surface area contributed by atoms with Crippen molar-refractivity contribution in [2.75, 3.05) is 26.3 Å². The molecule has 152 valence electrons. The van der Waals surface area contributed by atoms with Gasteiger partial charge >= 0.3 is 0 Å². The lowest BCUT2D eigenvalue weighted by atomic mass is 10.1. The number of hydrogen-bond acceptors (Lipinski definition) is 6. The number of morpholine rings is 1. The lowest BCUT2D eigenvalue weighted by Crippen LogP contribution is -2.40. The minimum Gasteiger partial charge on any atom is -0.378 e. The molecule has 1 aromatic carbocycles. The summed E-state index contributed by atoms with van der Waals surface area (Å²) < 4.78 is 8.84. The van der Waals surface area contributed by atoms with Crippen LogP contribution >= 0.6 is 0 Å². The Labute approximate surface area is 172 Å². The Morgan fingerprint density at radius 2 is 1.90 bits per heavy atom. The third kappa shape index (κ3) is 3.55. The Bertz CT molecular complexity index is 1190. The molecule has 0 spiro atoms. The molecule has 5 rings (SSSR count). The van der Waals surface area contributed by atoms with Gasteiger partial charge in [-0.25, -0.2) is 9.50 Å². The third-order valence-electron chi connectivity index (χ3n) is 5.15. The van der Waals surface area contributed by atoms with Crippen LogP contribution in [-0.4, -0.2) is 66.5 Å². The van der Waals surface area contributed by atoms with Gasteiger partial charge in [-0.1, -0.05) is 12.1 Å². The van der Waals surface area contributed by atoms with E-state index in [4.69, 9.17) is 4.74 Å².